The molecule has 146 valence electrons. The van der Waals surface area contributed by atoms with E-state index >= 15 is 0 Å². The minimum atomic E-state index is -0.0102. The highest BCUT2D eigenvalue weighted by atomic mass is 16.2. The zero-order valence-electron chi connectivity index (χ0n) is 15.8. The van der Waals surface area contributed by atoms with E-state index in [-0.39, 0.29) is 11.9 Å². The second-order valence-corrected chi connectivity index (χ2v) is 7.73. The van der Waals surface area contributed by atoms with E-state index in [2.05, 4.69) is 20.4 Å². The molecule has 0 unspecified atom stereocenters. The van der Waals surface area contributed by atoms with Gasteiger partial charge in [-0.25, -0.2) is 4.79 Å². The number of benzene rings is 1. The lowest BCUT2D eigenvalue weighted by atomic mass is 10.0. The molecule has 3 amide bonds. The summed E-state index contributed by atoms with van der Waals surface area (Å²) in [6.45, 7) is 5.88. The van der Waals surface area contributed by atoms with Crippen LogP contribution in [-0.2, 0) is 4.79 Å². The summed E-state index contributed by atoms with van der Waals surface area (Å²) in [5.41, 5.74) is 1.81. The first-order chi connectivity index (χ1) is 13.2. The molecule has 27 heavy (non-hydrogen) atoms. The molecule has 0 radical (unpaired) electrons. The number of likely N-dealkylation sites (tertiary alicyclic amines) is 2. The molecule has 0 saturated carbocycles. The Kier molecular flexibility index (Phi) is 5.48. The first-order valence-electron chi connectivity index (χ1n) is 10.1. The number of amides is 3. The molecule has 3 aliphatic heterocycles. The molecule has 1 aromatic rings. The number of carbonyl (C=O) groups excluding carboxylic acids is 2. The third-order valence-electron chi connectivity index (χ3n) is 5.86. The Labute approximate surface area is 160 Å². The number of anilines is 2. The number of piperidine rings is 1. The summed E-state index contributed by atoms with van der Waals surface area (Å²) in [6, 6.07) is 8.28. The van der Waals surface area contributed by atoms with Gasteiger partial charge >= 0.3 is 6.03 Å². The van der Waals surface area contributed by atoms with Gasteiger partial charge in [0, 0.05) is 43.6 Å². The molecule has 7 nitrogen and oxygen atoms in total. The van der Waals surface area contributed by atoms with Gasteiger partial charge < -0.3 is 20.4 Å². The van der Waals surface area contributed by atoms with E-state index in [1.807, 2.05) is 29.2 Å². The number of rotatable bonds is 3. The Morgan fingerprint density at radius 2 is 1.81 bits per heavy atom. The van der Waals surface area contributed by atoms with E-state index < -0.39 is 0 Å². The van der Waals surface area contributed by atoms with E-state index in [1.54, 1.807) is 0 Å². The predicted molar refractivity (Wildman–Crippen MR) is 106 cm³/mol. The van der Waals surface area contributed by atoms with Gasteiger partial charge in [-0.05, 0) is 63.0 Å². The molecule has 7 heteroatoms. The first kappa shape index (κ1) is 18.1. The largest absolute Gasteiger partial charge is 0.360 e. The average Bonchev–Trinajstić information content (AvgIpc) is 3.24. The third kappa shape index (κ3) is 4.35. The number of hydrogen-bond donors (Lipinski definition) is 2. The molecule has 3 aliphatic rings. The number of carbonyl (C=O) groups is 2. The van der Waals surface area contributed by atoms with Gasteiger partial charge in [-0.2, -0.15) is 0 Å². The Morgan fingerprint density at radius 1 is 1.04 bits per heavy atom. The third-order valence-corrected chi connectivity index (χ3v) is 5.86. The molecule has 3 heterocycles. The molecule has 4 rings (SSSR count). The van der Waals surface area contributed by atoms with E-state index in [0.29, 0.717) is 19.1 Å². The summed E-state index contributed by atoms with van der Waals surface area (Å²) in [5, 5.41) is 5.87. The van der Waals surface area contributed by atoms with Gasteiger partial charge in [0.1, 0.15) is 0 Å². The molecule has 0 spiro atoms. The number of piperazine rings is 1. The lowest BCUT2D eigenvalue weighted by Crippen LogP contribution is -2.50. The Hall–Kier alpha value is -2.28. The van der Waals surface area contributed by atoms with Gasteiger partial charge in [-0.1, -0.05) is 0 Å². The number of nitrogens with zero attached hydrogens (tertiary/aromatic N) is 3. The van der Waals surface area contributed by atoms with Crippen molar-refractivity contribution in [3.05, 3.63) is 24.3 Å². The number of urea groups is 1. The lowest BCUT2D eigenvalue weighted by molar-refractivity contribution is -0.120. The molecule has 2 N–H and O–H groups in total. The fourth-order valence-corrected chi connectivity index (χ4v) is 4.36. The van der Waals surface area contributed by atoms with Crippen LogP contribution in [0.4, 0.5) is 16.2 Å². The Balaban J connectivity index is 1.32. The summed E-state index contributed by atoms with van der Waals surface area (Å²) in [6.07, 6.45) is 4.84. The van der Waals surface area contributed by atoms with Gasteiger partial charge in [0.15, 0.2) is 0 Å². The van der Waals surface area contributed by atoms with Crippen LogP contribution in [0, 0.1) is 0 Å². The van der Waals surface area contributed by atoms with E-state index in [0.717, 1.165) is 37.4 Å². The van der Waals surface area contributed by atoms with Crippen molar-refractivity contribution in [2.24, 2.45) is 0 Å². The van der Waals surface area contributed by atoms with Crippen LogP contribution in [0.1, 0.15) is 25.7 Å². The minimum Gasteiger partial charge on any atom is -0.360 e. The van der Waals surface area contributed by atoms with Crippen LogP contribution >= 0.6 is 0 Å². The smallest absolute Gasteiger partial charge is 0.321 e. The van der Waals surface area contributed by atoms with Crippen molar-refractivity contribution in [3.8, 4) is 0 Å². The molecule has 1 atom stereocenters. The quantitative estimate of drug-likeness (QED) is 0.849. The van der Waals surface area contributed by atoms with Crippen LogP contribution < -0.4 is 15.5 Å². The van der Waals surface area contributed by atoms with Gasteiger partial charge in [-0.3, -0.25) is 9.69 Å². The van der Waals surface area contributed by atoms with Crippen molar-refractivity contribution < 1.29 is 9.59 Å². The highest BCUT2D eigenvalue weighted by molar-refractivity contribution is 5.89. The maximum Gasteiger partial charge on any atom is 0.321 e. The highest BCUT2D eigenvalue weighted by Crippen LogP contribution is 2.22. The monoisotopic (exact) mass is 371 g/mol. The van der Waals surface area contributed by atoms with E-state index in [1.165, 1.54) is 32.4 Å². The highest BCUT2D eigenvalue weighted by Gasteiger charge is 2.29. The fourth-order valence-electron chi connectivity index (χ4n) is 4.36. The number of hydrogen-bond acceptors (Lipinski definition) is 4. The van der Waals surface area contributed by atoms with Crippen LogP contribution in [0.25, 0.3) is 0 Å². The summed E-state index contributed by atoms with van der Waals surface area (Å²) < 4.78 is 0. The van der Waals surface area contributed by atoms with E-state index in [4.69, 9.17) is 0 Å². The standard InChI is InChI=1S/C20H29N5O2/c26-19-15-24(13-9-21-19)17-7-5-16(6-8-17)22-20(27)25-12-3-4-18(14-25)23-10-1-2-11-23/h5-8,18H,1-4,9-15H2,(H,21,26)(H,22,27)/t18-/m1/s1. The van der Waals surface area contributed by atoms with Gasteiger partial charge in [0.2, 0.25) is 5.91 Å². The van der Waals surface area contributed by atoms with Gasteiger partial charge in [0.05, 0.1) is 6.54 Å². The number of nitrogens with one attached hydrogen (secondary N) is 2. The summed E-state index contributed by atoms with van der Waals surface area (Å²) in [7, 11) is 0. The van der Waals surface area contributed by atoms with Crippen LogP contribution in [0.15, 0.2) is 24.3 Å². The van der Waals surface area contributed by atoms with Crippen molar-refractivity contribution in [1.82, 2.24) is 15.1 Å². The molecule has 0 bridgehead atoms. The Morgan fingerprint density at radius 3 is 2.56 bits per heavy atom. The molecule has 0 aliphatic carbocycles. The van der Waals surface area contributed by atoms with Crippen molar-refractivity contribution in [1.29, 1.82) is 0 Å². The molecular formula is C20H29N5O2. The first-order valence-corrected chi connectivity index (χ1v) is 10.1. The predicted octanol–water partition coefficient (Wildman–Crippen LogP) is 1.71. The van der Waals surface area contributed by atoms with Crippen LogP contribution in [0.3, 0.4) is 0 Å². The van der Waals surface area contributed by atoms with Crippen LogP contribution in [0.5, 0.6) is 0 Å². The maximum absolute atomic E-state index is 12.7. The second kappa shape index (κ2) is 8.17. The fraction of sp³-hybridized carbons (Fsp3) is 0.600. The topological polar surface area (TPSA) is 67.9 Å². The van der Waals surface area contributed by atoms with Crippen molar-refractivity contribution in [2.45, 2.75) is 31.7 Å². The van der Waals surface area contributed by atoms with Crippen molar-refractivity contribution >= 4 is 23.3 Å². The van der Waals surface area contributed by atoms with Crippen molar-refractivity contribution in [2.75, 3.05) is 56.0 Å². The van der Waals surface area contributed by atoms with Gasteiger partial charge in [0.25, 0.3) is 0 Å². The zero-order valence-corrected chi connectivity index (χ0v) is 15.8. The molecular weight excluding hydrogens is 342 g/mol. The van der Waals surface area contributed by atoms with E-state index in [9.17, 15) is 9.59 Å². The summed E-state index contributed by atoms with van der Waals surface area (Å²) in [4.78, 5) is 30.8. The van der Waals surface area contributed by atoms with Gasteiger partial charge in [-0.15, -0.1) is 0 Å². The second-order valence-electron chi connectivity index (χ2n) is 7.73. The lowest BCUT2D eigenvalue weighted by Gasteiger charge is -2.37. The average molecular weight is 371 g/mol. The molecule has 3 fully saturated rings. The minimum absolute atomic E-state index is 0.0102. The maximum atomic E-state index is 12.7. The zero-order chi connectivity index (χ0) is 18.6. The summed E-state index contributed by atoms with van der Waals surface area (Å²) in [5.74, 6) is 0.0521. The van der Waals surface area contributed by atoms with Crippen molar-refractivity contribution in [3.63, 3.8) is 0 Å². The summed E-state index contributed by atoms with van der Waals surface area (Å²) >= 11 is 0. The van der Waals surface area contributed by atoms with Crippen LogP contribution in [-0.4, -0.2) is 73.6 Å². The SMILES string of the molecule is O=C1CN(c2ccc(NC(=O)N3CCC[C@@H](N4CCCC4)C3)cc2)CCN1. The Bertz CT molecular complexity index is 671. The van der Waals surface area contributed by atoms with Crippen LogP contribution in [0.2, 0.25) is 0 Å². The molecule has 1 aromatic carbocycles. The molecule has 3 saturated heterocycles. The molecule has 0 aromatic heterocycles. The normalized spacial score (nSPS) is 24.0.